The van der Waals surface area contributed by atoms with E-state index in [1.165, 1.54) is 7.11 Å². The molecule has 60 valence electrons. The Kier molecular flexibility index (Phi) is 4.94. The van der Waals surface area contributed by atoms with Crippen molar-refractivity contribution in [2.45, 2.75) is 26.3 Å². The van der Waals surface area contributed by atoms with E-state index in [-0.39, 0.29) is 5.97 Å². The first kappa shape index (κ1) is 9.43. The molecule has 0 aromatic heterocycles. The van der Waals surface area contributed by atoms with Gasteiger partial charge >= 0.3 is 5.97 Å². The molecule has 0 aliphatic carbocycles. The van der Waals surface area contributed by atoms with Crippen molar-refractivity contribution >= 4 is 5.97 Å². The Balaban J connectivity index is 3.26. The van der Waals surface area contributed by atoms with E-state index >= 15 is 0 Å². The van der Waals surface area contributed by atoms with Crippen molar-refractivity contribution in [1.29, 1.82) is 0 Å². The number of esters is 1. The summed E-state index contributed by atoms with van der Waals surface area (Å²) in [4.78, 5) is 10.5. The summed E-state index contributed by atoms with van der Waals surface area (Å²) in [5.41, 5.74) is 0. The summed E-state index contributed by atoms with van der Waals surface area (Å²) in [6.07, 6.45) is 1.02. The molecule has 0 aliphatic heterocycles. The fraction of sp³-hybridized carbons (Fsp3) is 0.857. The Morgan fingerprint density at radius 3 is 2.70 bits per heavy atom. The van der Waals surface area contributed by atoms with Crippen LogP contribution in [0.4, 0.5) is 0 Å². The Hall–Kier alpha value is -0.570. The molecule has 1 atom stereocenters. The molecule has 0 unspecified atom stereocenters. The molecule has 0 fully saturated rings. The van der Waals surface area contributed by atoms with Crippen LogP contribution in [-0.4, -0.2) is 25.7 Å². The molecule has 0 radical (unpaired) electrons. The first-order valence-corrected chi connectivity index (χ1v) is 3.50. The minimum absolute atomic E-state index is 0.208. The molecule has 10 heavy (non-hydrogen) atoms. The van der Waals surface area contributed by atoms with Crippen LogP contribution in [0.5, 0.6) is 0 Å². The molecule has 3 heteroatoms. The highest BCUT2D eigenvalue weighted by atomic mass is 16.5. The van der Waals surface area contributed by atoms with E-state index in [2.05, 4.69) is 17.0 Å². The maximum atomic E-state index is 10.5. The lowest BCUT2D eigenvalue weighted by molar-refractivity contribution is -0.139. The third-order valence-electron chi connectivity index (χ3n) is 1.43. The summed E-state index contributed by atoms with van der Waals surface area (Å²) in [6.45, 7) is 4.41. The SMILES string of the molecule is CC[C@H](C)NCC(=O)OC. The van der Waals surface area contributed by atoms with Gasteiger partial charge in [0.25, 0.3) is 0 Å². The van der Waals surface area contributed by atoms with E-state index in [4.69, 9.17) is 0 Å². The van der Waals surface area contributed by atoms with Crippen molar-refractivity contribution in [1.82, 2.24) is 5.32 Å². The van der Waals surface area contributed by atoms with Gasteiger partial charge in [-0.3, -0.25) is 4.79 Å². The predicted molar refractivity (Wildman–Crippen MR) is 39.8 cm³/mol. The number of carbonyl (C=O) groups excluding carboxylic acids is 1. The molecule has 1 N–H and O–H groups in total. The Bertz CT molecular complexity index is 104. The van der Waals surface area contributed by atoms with Gasteiger partial charge in [0, 0.05) is 6.04 Å². The fourth-order valence-electron chi connectivity index (χ4n) is 0.474. The van der Waals surface area contributed by atoms with E-state index in [9.17, 15) is 4.79 Å². The fourth-order valence-corrected chi connectivity index (χ4v) is 0.474. The number of ether oxygens (including phenoxy) is 1. The number of methoxy groups -OCH3 is 1. The van der Waals surface area contributed by atoms with Crippen LogP contribution in [0.1, 0.15) is 20.3 Å². The smallest absolute Gasteiger partial charge is 0.319 e. The van der Waals surface area contributed by atoms with Crippen LogP contribution in [0.2, 0.25) is 0 Å². The molecule has 0 spiro atoms. The second-order valence-electron chi connectivity index (χ2n) is 2.27. The second kappa shape index (κ2) is 5.23. The molecule has 0 bridgehead atoms. The third-order valence-corrected chi connectivity index (χ3v) is 1.43. The maximum Gasteiger partial charge on any atom is 0.319 e. The number of carbonyl (C=O) groups is 1. The van der Waals surface area contributed by atoms with Gasteiger partial charge in [0.05, 0.1) is 13.7 Å². The number of rotatable bonds is 4. The molecule has 0 aliphatic rings. The van der Waals surface area contributed by atoms with Gasteiger partial charge in [0.1, 0.15) is 0 Å². The van der Waals surface area contributed by atoms with E-state index in [1.54, 1.807) is 0 Å². The number of hydrogen-bond acceptors (Lipinski definition) is 3. The van der Waals surface area contributed by atoms with Crippen LogP contribution in [0.25, 0.3) is 0 Å². The lowest BCUT2D eigenvalue weighted by Gasteiger charge is -2.08. The monoisotopic (exact) mass is 145 g/mol. The summed E-state index contributed by atoms with van der Waals surface area (Å²) in [5.74, 6) is -0.208. The van der Waals surface area contributed by atoms with Gasteiger partial charge in [-0.2, -0.15) is 0 Å². The third kappa shape index (κ3) is 4.32. The average Bonchev–Trinajstić information content (AvgIpc) is 1.99. The quantitative estimate of drug-likeness (QED) is 0.587. The molecule has 0 amide bonds. The van der Waals surface area contributed by atoms with Crippen LogP contribution in [0.3, 0.4) is 0 Å². The van der Waals surface area contributed by atoms with Crippen molar-refractivity contribution in [3.63, 3.8) is 0 Å². The number of hydrogen-bond donors (Lipinski definition) is 1. The lowest BCUT2D eigenvalue weighted by Crippen LogP contribution is -2.31. The van der Waals surface area contributed by atoms with E-state index in [0.29, 0.717) is 12.6 Å². The topological polar surface area (TPSA) is 38.3 Å². The zero-order valence-corrected chi connectivity index (χ0v) is 6.81. The van der Waals surface area contributed by atoms with E-state index < -0.39 is 0 Å². The standard InChI is InChI=1S/C7H15NO2/c1-4-6(2)8-5-7(9)10-3/h6,8H,4-5H2,1-3H3/t6-/m0/s1. The van der Waals surface area contributed by atoms with Crippen molar-refractivity contribution in [3.8, 4) is 0 Å². The summed E-state index contributed by atoms with van der Waals surface area (Å²) in [6, 6.07) is 0.388. The summed E-state index contributed by atoms with van der Waals surface area (Å²) in [7, 11) is 1.39. The lowest BCUT2D eigenvalue weighted by atomic mass is 10.3. The van der Waals surface area contributed by atoms with Crippen LogP contribution >= 0.6 is 0 Å². The zero-order chi connectivity index (χ0) is 7.98. The van der Waals surface area contributed by atoms with Gasteiger partial charge in [0.2, 0.25) is 0 Å². The van der Waals surface area contributed by atoms with Gasteiger partial charge in [-0.25, -0.2) is 0 Å². The van der Waals surface area contributed by atoms with Crippen LogP contribution in [-0.2, 0) is 9.53 Å². The first-order valence-electron chi connectivity index (χ1n) is 3.50. The predicted octanol–water partition coefficient (Wildman–Crippen LogP) is 0.547. The zero-order valence-electron chi connectivity index (χ0n) is 6.81. The largest absolute Gasteiger partial charge is 0.468 e. The van der Waals surface area contributed by atoms with Gasteiger partial charge in [-0.1, -0.05) is 6.92 Å². The molecule has 0 rings (SSSR count). The molecule has 3 nitrogen and oxygen atoms in total. The van der Waals surface area contributed by atoms with Crippen molar-refractivity contribution in [2.75, 3.05) is 13.7 Å². The minimum atomic E-state index is -0.208. The van der Waals surface area contributed by atoms with E-state index in [0.717, 1.165) is 6.42 Å². The van der Waals surface area contributed by atoms with Gasteiger partial charge in [-0.05, 0) is 13.3 Å². The molecular formula is C7H15NO2. The van der Waals surface area contributed by atoms with Crippen molar-refractivity contribution in [3.05, 3.63) is 0 Å². The van der Waals surface area contributed by atoms with Crippen LogP contribution in [0, 0.1) is 0 Å². The second-order valence-corrected chi connectivity index (χ2v) is 2.27. The van der Waals surface area contributed by atoms with Gasteiger partial charge in [0.15, 0.2) is 0 Å². The average molecular weight is 145 g/mol. The Morgan fingerprint density at radius 2 is 2.30 bits per heavy atom. The van der Waals surface area contributed by atoms with Crippen molar-refractivity contribution in [2.24, 2.45) is 0 Å². The maximum absolute atomic E-state index is 10.5. The Morgan fingerprint density at radius 1 is 1.70 bits per heavy atom. The van der Waals surface area contributed by atoms with Gasteiger partial charge < -0.3 is 10.1 Å². The molecule has 0 saturated carbocycles. The molecule has 0 aromatic carbocycles. The highest BCUT2D eigenvalue weighted by molar-refractivity contribution is 5.71. The molecule has 0 heterocycles. The molecule has 0 aromatic rings. The molecule has 0 saturated heterocycles. The minimum Gasteiger partial charge on any atom is -0.468 e. The van der Waals surface area contributed by atoms with Crippen molar-refractivity contribution < 1.29 is 9.53 Å². The first-order chi connectivity index (χ1) is 4.70. The van der Waals surface area contributed by atoms with Crippen LogP contribution < -0.4 is 5.32 Å². The van der Waals surface area contributed by atoms with Crippen LogP contribution in [0.15, 0.2) is 0 Å². The number of nitrogens with one attached hydrogen (secondary N) is 1. The molecular weight excluding hydrogens is 130 g/mol. The van der Waals surface area contributed by atoms with E-state index in [1.807, 2.05) is 6.92 Å². The highest BCUT2D eigenvalue weighted by Crippen LogP contribution is 1.86. The Labute approximate surface area is 61.8 Å². The summed E-state index contributed by atoms with van der Waals surface area (Å²) in [5, 5.41) is 3.01. The highest BCUT2D eigenvalue weighted by Gasteiger charge is 2.01. The van der Waals surface area contributed by atoms with Gasteiger partial charge in [-0.15, -0.1) is 0 Å². The normalized spacial score (nSPS) is 12.7. The summed E-state index contributed by atoms with van der Waals surface area (Å²) >= 11 is 0. The summed E-state index contributed by atoms with van der Waals surface area (Å²) < 4.78 is 4.44.